The van der Waals surface area contributed by atoms with Crippen molar-refractivity contribution in [2.75, 3.05) is 30.7 Å². The van der Waals surface area contributed by atoms with Crippen LogP contribution in [-0.2, 0) is 24.8 Å². The Morgan fingerprint density at radius 1 is 1.28 bits per heavy atom. The van der Waals surface area contributed by atoms with Crippen LogP contribution in [0, 0.1) is 0 Å². The number of anilines is 1. The summed E-state index contributed by atoms with van der Waals surface area (Å²) in [5, 5.41) is 2.37. The first-order valence-corrected chi connectivity index (χ1v) is 11.1. The lowest BCUT2D eigenvalue weighted by Gasteiger charge is -2.15. The van der Waals surface area contributed by atoms with Crippen LogP contribution in [0.3, 0.4) is 0 Å². The third-order valence-corrected chi connectivity index (χ3v) is 7.48. The van der Waals surface area contributed by atoms with Gasteiger partial charge in [0.15, 0.2) is 0 Å². The van der Waals surface area contributed by atoms with E-state index in [0.717, 1.165) is 12.1 Å². The number of benzene rings is 1. The molecular weight excluding hydrogens is 413 g/mol. The molecule has 8 nitrogen and oxygen atoms in total. The van der Waals surface area contributed by atoms with Gasteiger partial charge in [-0.3, -0.25) is 4.79 Å². The molecular formula is C13H17Cl2N3O5S2. The number of carbonyl (C=O) groups is 1. The molecule has 12 heteroatoms. The summed E-state index contributed by atoms with van der Waals surface area (Å²) in [7, 11) is -7.22. The molecule has 0 spiro atoms. The first-order chi connectivity index (χ1) is 11.5. The third-order valence-electron chi connectivity index (χ3n) is 3.48. The summed E-state index contributed by atoms with van der Waals surface area (Å²) in [6, 6.07) is 2.32. The lowest BCUT2D eigenvalue weighted by Crippen LogP contribution is -2.35. The zero-order valence-corrected chi connectivity index (χ0v) is 16.4. The van der Waals surface area contributed by atoms with E-state index in [9.17, 15) is 21.6 Å². The molecule has 1 saturated heterocycles. The Morgan fingerprint density at radius 3 is 2.36 bits per heavy atom. The van der Waals surface area contributed by atoms with Gasteiger partial charge in [-0.25, -0.2) is 25.9 Å². The number of hydrogen-bond donors (Lipinski definition) is 2. The fourth-order valence-corrected chi connectivity index (χ4v) is 5.64. The minimum absolute atomic E-state index is 0.0230. The van der Waals surface area contributed by atoms with Crippen molar-refractivity contribution in [2.45, 2.75) is 18.2 Å². The van der Waals surface area contributed by atoms with Crippen LogP contribution < -0.4 is 10.0 Å². The van der Waals surface area contributed by atoms with E-state index in [1.165, 1.54) is 11.2 Å². The second-order valence-electron chi connectivity index (χ2n) is 5.41. The summed E-state index contributed by atoms with van der Waals surface area (Å²) in [6.45, 7) is 1.62. The Hall–Kier alpha value is -0.910. The maximum Gasteiger partial charge on any atom is 0.240 e. The molecule has 1 aliphatic rings. The number of halogens is 2. The van der Waals surface area contributed by atoms with E-state index in [4.69, 9.17) is 23.2 Å². The van der Waals surface area contributed by atoms with E-state index in [0.29, 0.717) is 13.0 Å². The van der Waals surface area contributed by atoms with Gasteiger partial charge in [0.05, 0.1) is 26.4 Å². The van der Waals surface area contributed by atoms with E-state index >= 15 is 0 Å². The van der Waals surface area contributed by atoms with Crippen molar-refractivity contribution < 1.29 is 21.6 Å². The molecule has 1 fully saturated rings. The summed E-state index contributed by atoms with van der Waals surface area (Å²) in [4.78, 5) is 10.9. The normalized spacial score (nSPS) is 17.6. The largest absolute Gasteiger partial charge is 0.324 e. The van der Waals surface area contributed by atoms with Gasteiger partial charge in [-0.2, -0.15) is 0 Å². The van der Waals surface area contributed by atoms with Crippen LogP contribution in [0.25, 0.3) is 0 Å². The standard InChI is InChI=1S/C13H17Cl2N3O5S2/c1-9(19)17-13-11(14)7-10(8-12(13)15)25(22,23)16-3-5-18-4-2-6-24(18,20)21/h7-8,16H,2-6H2,1H3,(H,17,19). The van der Waals surface area contributed by atoms with Crippen molar-refractivity contribution in [3.05, 3.63) is 22.2 Å². The van der Waals surface area contributed by atoms with E-state index < -0.39 is 26.0 Å². The molecule has 0 unspecified atom stereocenters. The topological polar surface area (TPSA) is 113 Å². The van der Waals surface area contributed by atoms with Gasteiger partial charge >= 0.3 is 0 Å². The van der Waals surface area contributed by atoms with Crippen LogP contribution in [0.4, 0.5) is 5.69 Å². The van der Waals surface area contributed by atoms with Gasteiger partial charge in [-0.1, -0.05) is 23.2 Å². The first kappa shape index (κ1) is 20.4. The molecule has 25 heavy (non-hydrogen) atoms. The summed E-state index contributed by atoms with van der Waals surface area (Å²) < 4.78 is 51.6. The Kier molecular flexibility index (Phi) is 6.34. The molecule has 2 rings (SSSR count). The summed E-state index contributed by atoms with van der Waals surface area (Å²) in [5.41, 5.74) is 0.123. The second kappa shape index (κ2) is 7.77. The van der Waals surface area contributed by atoms with Crippen LogP contribution in [0.2, 0.25) is 10.0 Å². The molecule has 0 atom stereocenters. The highest BCUT2D eigenvalue weighted by molar-refractivity contribution is 7.89. The molecule has 1 heterocycles. The molecule has 1 aromatic carbocycles. The Labute approximate surface area is 156 Å². The smallest absolute Gasteiger partial charge is 0.240 e. The number of hydrogen-bond acceptors (Lipinski definition) is 5. The van der Waals surface area contributed by atoms with Crippen molar-refractivity contribution in [2.24, 2.45) is 0 Å². The zero-order valence-electron chi connectivity index (χ0n) is 13.3. The predicted molar refractivity (Wildman–Crippen MR) is 95.9 cm³/mol. The molecule has 2 N–H and O–H groups in total. The first-order valence-electron chi connectivity index (χ1n) is 7.27. The molecule has 0 radical (unpaired) electrons. The molecule has 0 saturated carbocycles. The molecule has 1 aromatic rings. The highest BCUT2D eigenvalue weighted by atomic mass is 35.5. The van der Waals surface area contributed by atoms with Crippen molar-refractivity contribution in [3.8, 4) is 0 Å². The fourth-order valence-electron chi connectivity index (χ4n) is 2.33. The summed E-state index contributed by atoms with van der Waals surface area (Å²) >= 11 is 12.0. The number of nitrogens with one attached hydrogen (secondary N) is 2. The van der Waals surface area contributed by atoms with Crippen molar-refractivity contribution in [1.29, 1.82) is 0 Å². The SMILES string of the molecule is CC(=O)Nc1c(Cl)cc(S(=O)(=O)NCCN2CCCS2(=O)=O)cc1Cl. The molecule has 140 valence electrons. The Bertz CT molecular complexity index is 864. The van der Waals surface area contributed by atoms with Crippen LogP contribution in [-0.4, -0.2) is 52.4 Å². The molecule has 1 aliphatic heterocycles. The highest BCUT2D eigenvalue weighted by Gasteiger charge is 2.28. The van der Waals surface area contributed by atoms with Crippen LogP contribution in [0.1, 0.15) is 13.3 Å². The van der Waals surface area contributed by atoms with Crippen molar-refractivity contribution in [1.82, 2.24) is 9.03 Å². The number of carbonyl (C=O) groups excluding carboxylic acids is 1. The summed E-state index contributed by atoms with van der Waals surface area (Å²) in [6.07, 6.45) is 0.533. The van der Waals surface area contributed by atoms with E-state index in [1.807, 2.05) is 0 Å². The van der Waals surface area contributed by atoms with Crippen LogP contribution in [0.15, 0.2) is 17.0 Å². The predicted octanol–water partition coefficient (Wildman–Crippen LogP) is 1.27. The average Bonchev–Trinajstić information content (AvgIpc) is 2.81. The summed E-state index contributed by atoms with van der Waals surface area (Å²) in [5.74, 6) is -0.320. The monoisotopic (exact) mass is 429 g/mol. The number of rotatable bonds is 6. The molecule has 1 amide bonds. The average molecular weight is 430 g/mol. The maximum atomic E-state index is 12.3. The molecule has 0 bridgehead atoms. The van der Waals surface area contributed by atoms with Crippen LogP contribution >= 0.6 is 23.2 Å². The quantitative estimate of drug-likeness (QED) is 0.706. The Balaban J connectivity index is 2.10. The minimum atomic E-state index is -3.93. The van der Waals surface area contributed by atoms with Gasteiger partial charge in [-0.15, -0.1) is 0 Å². The zero-order chi connectivity index (χ0) is 18.8. The van der Waals surface area contributed by atoms with Crippen molar-refractivity contribution in [3.63, 3.8) is 0 Å². The number of nitrogens with zero attached hydrogens (tertiary/aromatic N) is 1. The second-order valence-corrected chi connectivity index (χ2v) is 10.1. The fraction of sp³-hybridized carbons (Fsp3) is 0.462. The van der Waals surface area contributed by atoms with Gasteiger partial charge < -0.3 is 5.32 Å². The van der Waals surface area contributed by atoms with Gasteiger partial charge in [-0.05, 0) is 18.6 Å². The number of sulfonamides is 2. The molecule has 0 aliphatic carbocycles. The van der Waals surface area contributed by atoms with Gasteiger partial charge in [0.25, 0.3) is 0 Å². The van der Waals surface area contributed by atoms with Gasteiger partial charge in [0, 0.05) is 26.6 Å². The van der Waals surface area contributed by atoms with E-state index in [1.54, 1.807) is 0 Å². The van der Waals surface area contributed by atoms with Crippen molar-refractivity contribution >= 4 is 54.8 Å². The maximum absolute atomic E-state index is 12.3. The van der Waals surface area contributed by atoms with Gasteiger partial charge in [0.1, 0.15) is 0 Å². The molecule has 0 aromatic heterocycles. The minimum Gasteiger partial charge on any atom is -0.324 e. The van der Waals surface area contributed by atoms with E-state index in [-0.39, 0.29) is 39.5 Å². The van der Waals surface area contributed by atoms with E-state index in [2.05, 4.69) is 10.0 Å². The van der Waals surface area contributed by atoms with Gasteiger partial charge in [0.2, 0.25) is 26.0 Å². The third kappa shape index (κ3) is 5.05. The highest BCUT2D eigenvalue weighted by Crippen LogP contribution is 2.33. The number of amides is 1. The lowest BCUT2D eigenvalue weighted by atomic mass is 10.3. The lowest BCUT2D eigenvalue weighted by molar-refractivity contribution is -0.114. The Morgan fingerprint density at radius 2 is 1.88 bits per heavy atom. The van der Waals surface area contributed by atoms with Crippen LogP contribution in [0.5, 0.6) is 0 Å².